The Hall–Kier alpha value is -2.64. The number of anilines is 1. The van der Waals surface area contributed by atoms with Crippen LogP contribution < -0.4 is 10.1 Å². The van der Waals surface area contributed by atoms with E-state index in [4.69, 9.17) is 4.74 Å². The molecular weight excluding hydrogens is 376 g/mol. The molecule has 0 radical (unpaired) electrons. The second kappa shape index (κ2) is 9.03. The van der Waals surface area contributed by atoms with Crippen LogP contribution in [0.15, 0.2) is 59.5 Å². The lowest BCUT2D eigenvalue weighted by molar-refractivity contribution is -0.111. The molecule has 2 aromatic carbocycles. The zero-order valence-electron chi connectivity index (χ0n) is 15.8. The van der Waals surface area contributed by atoms with Gasteiger partial charge in [-0.3, -0.25) is 4.79 Å². The second-order valence-electron chi connectivity index (χ2n) is 6.58. The van der Waals surface area contributed by atoms with Crippen LogP contribution in [0.25, 0.3) is 6.08 Å². The zero-order chi connectivity index (χ0) is 20.0. The first-order chi connectivity index (χ1) is 13.5. The Balaban J connectivity index is 1.61. The number of carbonyl (C=O) groups excluding carboxylic acids is 1. The minimum Gasteiger partial charge on any atom is -0.497 e. The van der Waals surface area contributed by atoms with Gasteiger partial charge in [-0.15, -0.1) is 0 Å². The van der Waals surface area contributed by atoms with Crippen molar-refractivity contribution in [3.05, 3.63) is 60.2 Å². The van der Waals surface area contributed by atoms with Crippen molar-refractivity contribution in [2.75, 3.05) is 25.5 Å². The molecule has 0 bridgehead atoms. The molecule has 3 rings (SSSR count). The summed E-state index contributed by atoms with van der Waals surface area (Å²) in [6, 6.07) is 13.6. The van der Waals surface area contributed by atoms with Crippen LogP contribution in [0.4, 0.5) is 5.69 Å². The highest BCUT2D eigenvalue weighted by molar-refractivity contribution is 7.89. The van der Waals surface area contributed by atoms with Gasteiger partial charge in [-0.25, -0.2) is 8.42 Å². The first-order valence-corrected chi connectivity index (χ1v) is 10.7. The van der Waals surface area contributed by atoms with E-state index in [9.17, 15) is 13.2 Å². The molecule has 148 valence electrons. The normalized spacial score (nSPS) is 15.5. The van der Waals surface area contributed by atoms with Gasteiger partial charge in [0.25, 0.3) is 0 Å². The summed E-state index contributed by atoms with van der Waals surface area (Å²) in [6.45, 7) is 1.13. The number of sulfonamides is 1. The summed E-state index contributed by atoms with van der Waals surface area (Å²) >= 11 is 0. The molecule has 0 aliphatic carbocycles. The average molecular weight is 401 g/mol. The largest absolute Gasteiger partial charge is 0.497 e. The van der Waals surface area contributed by atoms with Gasteiger partial charge in [0.05, 0.1) is 12.0 Å². The van der Waals surface area contributed by atoms with Crippen LogP contribution in [-0.2, 0) is 14.8 Å². The number of piperidine rings is 1. The van der Waals surface area contributed by atoms with Gasteiger partial charge >= 0.3 is 0 Å². The number of amides is 1. The Bertz CT molecular complexity index is 929. The topological polar surface area (TPSA) is 75.7 Å². The maximum Gasteiger partial charge on any atom is 0.248 e. The van der Waals surface area contributed by atoms with E-state index in [-0.39, 0.29) is 10.8 Å². The Morgan fingerprint density at radius 3 is 2.25 bits per heavy atom. The molecular formula is C21H24N2O4S. The van der Waals surface area contributed by atoms with Gasteiger partial charge in [0.15, 0.2) is 0 Å². The molecule has 1 amide bonds. The Kier molecular flexibility index (Phi) is 6.49. The van der Waals surface area contributed by atoms with Crippen molar-refractivity contribution in [3.63, 3.8) is 0 Å². The van der Waals surface area contributed by atoms with Crippen molar-refractivity contribution >= 4 is 27.7 Å². The molecule has 1 aliphatic rings. The lowest BCUT2D eigenvalue weighted by Gasteiger charge is -2.25. The van der Waals surface area contributed by atoms with E-state index in [1.165, 1.54) is 22.5 Å². The Labute approximate surface area is 165 Å². The number of benzene rings is 2. The van der Waals surface area contributed by atoms with Gasteiger partial charge in [-0.2, -0.15) is 4.31 Å². The number of hydrogen-bond donors (Lipinski definition) is 1. The van der Waals surface area contributed by atoms with Crippen molar-refractivity contribution in [2.24, 2.45) is 0 Å². The van der Waals surface area contributed by atoms with Crippen LogP contribution in [0.1, 0.15) is 24.8 Å². The van der Waals surface area contributed by atoms with Gasteiger partial charge in [-0.05, 0) is 60.9 Å². The van der Waals surface area contributed by atoms with Crippen LogP contribution in [0.3, 0.4) is 0 Å². The van der Waals surface area contributed by atoms with Gasteiger partial charge in [0.1, 0.15) is 5.75 Å². The summed E-state index contributed by atoms with van der Waals surface area (Å²) in [5, 5.41) is 2.73. The molecule has 0 aromatic heterocycles. The van der Waals surface area contributed by atoms with Crippen molar-refractivity contribution in [1.82, 2.24) is 4.31 Å². The summed E-state index contributed by atoms with van der Waals surface area (Å²) in [7, 11) is -1.86. The fourth-order valence-corrected chi connectivity index (χ4v) is 4.55. The molecule has 28 heavy (non-hydrogen) atoms. The first kappa shape index (κ1) is 20.1. The molecule has 0 saturated carbocycles. The molecule has 2 aromatic rings. The number of carbonyl (C=O) groups is 1. The summed E-state index contributed by atoms with van der Waals surface area (Å²) in [5.41, 5.74) is 1.42. The average Bonchev–Trinajstić information content (AvgIpc) is 2.73. The summed E-state index contributed by atoms with van der Waals surface area (Å²) in [6.07, 6.45) is 5.99. The number of methoxy groups -OCH3 is 1. The van der Waals surface area contributed by atoms with Crippen molar-refractivity contribution in [1.29, 1.82) is 0 Å². The summed E-state index contributed by atoms with van der Waals surface area (Å²) in [5.74, 6) is 0.462. The van der Waals surface area contributed by atoms with E-state index in [0.29, 0.717) is 18.8 Å². The third kappa shape index (κ3) is 4.99. The van der Waals surface area contributed by atoms with E-state index in [0.717, 1.165) is 30.6 Å². The molecule has 1 saturated heterocycles. The third-order valence-electron chi connectivity index (χ3n) is 4.62. The van der Waals surface area contributed by atoms with Gasteiger partial charge in [0.2, 0.25) is 15.9 Å². The van der Waals surface area contributed by atoms with Crippen LogP contribution in [-0.4, -0.2) is 38.8 Å². The van der Waals surface area contributed by atoms with E-state index >= 15 is 0 Å². The van der Waals surface area contributed by atoms with Crippen LogP contribution in [0, 0.1) is 0 Å². The smallest absolute Gasteiger partial charge is 0.248 e. The highest BCUT2D eigenvalue weighted by Crippen LogP contribution is 2.22. The number of nitrogens with zero attached hydrogens (tertiary/aromatic N) is 1. The lowest BCUT2D eigenvalue weighted by Crippen LogP contribution is -2.35. The maximum absolute atomic E-state index is 12.6. The second-order valence-corrected chi connectivity index (χ2v) is 8.52. The molecule has 6 nitrogen and oxygen atoms in total. The molecule has 0 spiro atoms. The molecule has 1 N–H and O–H groups in total. The minimum absolute atomic E-state index is 0.251. The molecule has 1 heterocycles. The lowest BCUT2D eigenvalue weighted by atomic mass is 10.2. The van der Waals surface area contributed by atoms with E-state index < -0.39 is 10.0 Å². The first-order valence-electron chi connectivity index (χ1n) is 9.22. The molecule has 1 fully saturated rings. The fourth-order valence-electron chi connectivity index (χ4n) is 3.04. The SMILES string of the molecule is COc1ccc(/C=C/C(=O)Nc2ccc(S(=O)(=O)N3CCCCC3)cc2)cc1. The van der Waals surface area contributed by atoms with Crippen molar-refractivity contribution in [3.8, 4) is 5.75 Å². The van der Waals surface area contributed by atoms with E-state index in [1.54, 1.807) is 25.3 Å². The molecule has 7 heteroatoms. The maximum atomic E-state index is 12.6. The predicted octanol–water partition coefficient (Wildman–Crippen LogP) is 3.52. The highest BCUT2D eigenvalue weighted by atomic mass is 32.2. The van der Waals surface area contributed by atoms with E-state index in [1.807, 2.05) is 24.3 Å². The van der Waals surface area contributed by atoms with Crippen LogP contribution in [0.5, 0.6) is 5.75 Å². The monoisotopic (exact) mass is 400 g/mol. The van der Waals surface area contributed by atoms with Gasteiger partial charge in [-0.1, -0.05) is 18.6 Å². The Morgan fingerprint density at radius 1 is 1.00 bits per heavy atom. The fraction of sp³-hybridized carbons (Fsp3) is 0.286. The summed E-state index contributed by atoms with van der Waals surface area (Å²) in [4.78, 5) is 12.3. The van der Waals surface area contributed by atoms with Crippen LogP contribution >= 0.6 is 0 Å². The van der Waals surface area contributed by atoms with Crippen LogP contribution in [0.2, 0.25) is 0 Å². The molecule has 0 atom stereocenters. The van der Waals surface area contributed by atoms with Crippen molar-refractivity contribution in [2.45, 2.75) is 24.2 Å². The molecule has 1 aliphatic heterocycles. The minimum atomic E-state index is -3.46. The standard InChI is InChI=1S/C21H24N2O4S/c1-27-19-10-5-17(6-11-19)7-14-21(24)22-18-8-12-20(13-9-18)28(25,26)23-15-3-2-4-16-23/h5-14H,2-4,15-16H2,1H3,(H,22,24)/b14-7+. The number of hydrogen-bond acceptors (Lipinski definition) is 4. The van der Waals surface area contributed by atoms with Gasteiger partial charge < -0.3 is 10.1 Å². The predicted molar refractivity (Wildman–Crippen MR) is 110 cm³/mol. The summed E-state index contributed by atoms with van der Waals surface area (Å²) < 4.78 is 31.9. The number of rotatable bonds is 6. The van der Waals surface area contributed by atoms with Gasteiger partial charge in [0, 0.05) is 24.9 Å². The Morgan fingerprint density at radius 2 is 1.64 bits per heavy atom. The number of nitrogens with one attached hydrogen (secondary N) is 1. The van der Waals surface area contributed by atoms with E-state index in [2.05, 4.69) is 5.32 Å². The van der Waals surface area contributed by atoms with Crippen molar-refractivity contribution < 1.29 is 17.9 Å². The number of ether oxygens (including phenoxy) is 1. The highest BCUT2D eigenvalue weighted by Gasteiger charge is 2.25. The molecule has 0 unspecified atom stereocenters. The quantitative estimate of drug-likeness (QED) is 0.753. The third-order valence-corrected chi connectivity index (χ3v) is 6.53. The zero-order valence-corrected chi connectivity index (χ0v) is 16.6.